The van der Waals surface area contributed by atoms with Gasteiger partial charge in [0, 0.05) is 12.5 Å². The molecule has 3 aromatic carbocycles. The van der Waals surface area contributed by atoms with E-state index in [2.05, 4.69) is 20.2 Å². The number of ether oxygens (including phenoxy) is 4. The number of para-hydroxylation sites is 1. The zero-order chi connectivity index (χ0) is 31.2. The van der Waals surface area contributed by atoms with Crippen LogP contribution < -0.4 is 4.74 Å². The Morgan fingerprint density at radius 3 is 2.47 bits per heavy atom. The molecule has 45 heavy (non-hydrogen) atoms. The first-order valence-electron chi connectivity index (χ1n) is 15.2. The second-order valence-electron chi connectivity index (χ2n) is 10.9. The minimum atomic E-state index is -1.14. The van der Waals surface area contributed by atoms with Crippen molar-refractivity contribution in [2.75, 3.05) is 6.61 Å². The summed E-state index contributed by atoms with van der Waals surface area (Å²) in [5, 5.41) is 6.93. The zero-order valence-electron chi connectivity index (χ0n) is 25.3. The van der Waals surface area contributed by atoms with E-state index in [9.17, 15) is 9.59 Å². The van der Waals surface area contributed by atoms with E-state index in [1.807, 2.05) is 66.1 Å². The lowest BCUT2D eigenvalue weighted by atomic mass is 9.98. The van der Waals surface area contributed by atoms with Gasteiger partial charge >= 0.3 is 12.1 Å². The van der Waals surface area contributed by atoms with Gasteiger partial charge in [-0.05, 0) is 61.4 Å². The van der Waals surface area contributed by atoms with Gasteiger partial charge in [0.1, 0.15) is 12.4 Å². The standard InChI is InChI=1S/C34H35N5O6/c1-3-42-33-37-29-15-9-14-28(32(40)43-22(2)44-34(41)45-25-10-5-4-6-11-25)30(29)39(33)20-23-16-18-24(19-17-23)26-12-7-8-13-27(26)31-35-21-36-38-31/h7-9,12-19,21-22,25H,3-6,10-11,20H2,1-2H3,(H,35,36,38). The SMILES string of the molecule is CCOc1nc2cccc(C(=O)OC(C)OC(=O)OC3CCCCC3)c2n1Cc1ccc(-c2ccccc2-c2ncn[nH]2)cc1. The first kappa shape index (κ1) is 29.9. The number of benzene rings is 3. The molecule has 1 N–H and O–H groups in total. The van der Waals surface area contributed by atoms with E-state index in [0.717, 1.165) is 54.4 Å². The summed E-state index contributed by atoms with van der Waals surface area (Å²) in [6, 6.07) is 21.7. The number of fused-ring (bicyclic) bond motifs is 1. The molecule has 2 heterocycles. The fourth-order valence-corrected chi connectivity index (χ4v) is 5.68. The molecule has 0 saturated heterocycles. The van der Waals surface area contributed by atoms with E-state index in [1.165, 1.54) is 13.3 Å². The van der Waals surface area contributed by atoms with Crippen LogP contribution in [0.3, 0.4) is 0 Å². The Balaban J connectivity index is 1.22. The Hall–Kier alpha value is -5.19. The van der Waals surface area contributed by atoms with E-state index in [0.29, 0.717) is 36.0 Å². The molecule has 1 unspecified atom stereocenters. The second-order valence-corrected chi connectivity index (χ2v) is 10.9. The first-order valence-corrected chi connectivity index (χ1v) is 15.2. The van der Waals surface area contributed by atoms with Crippen molar-refractivity contribution in [3.63, 3.8) is 0 Å². The molecule has 0 aliphatic heterocycles. The van der Waals surface area contributed by atoms with Crippen LogP contribution in [0.1, 0.15) is 61.9 Å². The summed E-state index contributed by atoms with van der Waals surface area (Å²) >= 11 is 0. The molecule has 1 saturated carbocycles. The van der Waals surface area contributed by atoms with Crippen LogP contribution in [0.2, 0.25) is 0 Å². The maximum Gasteiger partial charge on any atom is 0.511 e. The average molecular weight is 610 g/mol. The number of imidazole rings is 1. The average Bonchev–Trinajstić information content (AvgIpc) is 3.71. The fraction of sp³-hybridized carbons (Fsp3) is 0.324. The normalized spacial score (nSPS) is 14.2. The number of rotatable bonds is 10. The number of esters is 1. The third-order valence-electron chi connectivity index (χ3n) is 7.78. The number of aromatic amines is 1. The summed E-state index contributed by atoms with van der Waals surface area (Å²) in [6.07, 6.45) is 4.16. The van der Waals surface area contributed by atoms with Crippen molar-refractivity contribution in [3.05, 3.63) is 84.2 Å². The Bertz CT molecular complexity index is 1760. The van der Waals surface area contributed by atoms with Crippen molar-refractivity contribution in [3.8, 4) is 28.5 Å². The predicted molar refractivity (Wildman–Crippen MR) is 167 cm³/mol. The molecule has 1 fully saturated rings. The van der Waals surface area contributed by atoms with Gasteiger partial charge in [0.05, 0.1) is 29.7 Å². The van der Waals surface area contributed by atoms with Crippen molar-refractivity contribution in [2.45, 2.75) is 64.9 Å². The number of nitrogens with one attached hydrogen (secondary N) is 1. The number of carbonyl (C=O) groups excluding carboxylic acids is 2. The second kappa shape index (κ2) is 13.6. The molecule has 0 radical (unpaired) electrons. The van der Waals surface area contributed by atoms with Gasteiger partial charge in [-0.25, -0.2) is 14.6 Å². The largest absolute Gasteiger partial charge is 0.511 e. The number of H-pyrrole nitrogens is 1. The van der Waals surface area contributed by atoms with Crippen LogP contribution >= 0.6 is 0 Å². The maximum atomic E-state index is 13.4. The van der Waals surface area contributed by atoms with Crippen LogP contribution in [0, 0.1) is 0 Å². The lowest BCUT2D eigenvalue weighted by molar-refractivity contribution is -0.0914. The molecule has 0 amide bonds. The number of hydrogen-bond acceptors (Lipinski definition) is 9. The highest BCUT2D eigenvalue weighted by Gasteiger charge is 2.25. The summed E-state index contributed by atoms with van der Waals surface area (Å²) in [5.74, 6) is 0.0447. The molecule has 1 aliphatic carbocycles. The molecular formula is C34H35N5O6. The topological polar surface area (TPSA) is 130 Å². The highest BCUT2D eigenvalue weighted by Crippen LogP contribution is 2.31. The summed E-state index contributed by atoms with van der Waals surface area (Å²) < 4.78 is 23.9. The highest BCUT2D eigenvalue weighted by molar-refractivity contribution is 6.02. The van der Waals surface area contributed by atoms with Crippen LogP contribution in [-0.4, -0.2) is 55.9 Å². The van der Waals surface area contributed by atoms with Gasteiger partial charge in [-0.3, -0.25) is 9.67 Å². The minimum Gasteiger partial charge on any atom is -0.465 e. The van der Waals surface area contributed by atoms with Crippen molar-refractivity contribution in [1.29, 1.82) is 0 Å². The quantitative estimate of drug-likeness (QED) is 0.132. The van der Waals surface area contributed by atoms with Gasteiger partial charge in [0.2, 0.25) is 6.29 Å². The van der Waals surface area contributed by atoms with Crippen LogP contribution in [0.25, 0.3) is 33.5 Å². The van der Waals surface area contributed by atoms with Crippen LogP contribution in [0.15, 0.2) is 73.1 Å². The summed E-state index contributed by atoms with van der Waals surface area (Å²) in [7, 11) is 0. The molecule has 6 rings (SSSR count). The lowest BCUT2D eigenvalue weighted by Gasteiger charge is -2.22. The van der Waals surface area contributed by atoms with Crippen LogP contribution in [-0.2, 0) is 20.8 Å². The van der Waals surface area contributed by atoms with Crippen molar-refractivity contribution in [2.24, 2.45) is 0 Å². The number of carbonyl (C=O) groups is 2. The Kier molecular flexibility index (Phi) is 9.04. The van der Waals surface area contributed by atoms with Crippen molar-refractivity contribution in [1.82, 2.24) is 24.7 Å². The molecule has 1 atom stereocenters. The molecule has 0 bridgehead atoms. The Morgan fingerprint density at radius 1 is 0.956 bits per heavy atom. The van der Waals surface area contributed by atoms with E-state index < -0.39 is 18.4 Å². The van der Waals surface area contributed by atoms with E-state index in [1.54, 1.807) is 12.1 Å². The molecule has 5 aromatic rings. The molecule has 1 aliphatic rings. The molecule has 2 aromatic heterocycles. The molecular weight excluding hydrogens is 574 g/mol. The first-order chi connectivity index (χ1) is 22.0. The maximum absolute atomic E-state index is 13.4. The third-order valence-corrected chi connectivity index (χ3v) is 7.78. The smallest absolute Gasteiger partial charge is 0.465 e. The summed E-state index contributed by atoms with van der Waals surface area (Å²) in [5.41, 5.74) is 5.38. The Labute approximate surface area is 260 Å². The highest BCUT2D eigenvalue weighted by atomic mass is 16.8. The third kappa shape index (κ3) is 6.82. The van der Waals surface area contributed by atoms with Gasteiger partial charge < -0.3 is 18.9 Å². The molecule has 0 spiro atoms. The van der Waals surface area contributed by atoms with Gasteiger partial charge in [0.25, 0.3) is 6.01 Å². The zero-order valence-corrected chi connectivity index (χ0v) is 25.3. The monoisotopic (exact) mass is 609 g/mol. The Morgan fingerprint density at radius 2 is 1.73 bits per heavy atom. The fourth-order valence-electron chi connectivity index (χ4n) is 5.68. The van der Waals surface area contributed by atoms with E-state index >= 15 is 0 Å². The minimum absolute atomic E-state index is 0.161. The molecule has 232 valence electrons. The van der Waals surface area contributed by atoms with Crippen LogP contribution in [0.4, 0.5) is 4.79 Å². The molecule has 11 nitrogen and oxygen atoms in total. The number of nitrogens with zero attached hydrogens (tertiary/aromatic N) is 4. The molecule has 11 heteroatoms. The number of aromatic nitrogens is 5. The predicted octanol–water partition coefficient (Wildman–Crippen LogP) is 6.92. The van der Waals surface area contributed by atoms with Gasteiger partial charge in [-0.1, -0.05) is 61.0 Å². The summed E-state index contributed by atoms with van der Waals surface area (Å²) in [4.78, 5) is 34.7. The number of hydrogen-bond donors (Lipinski definition) is 1. The summed E-state index contributed by atoms with van der Waals surface area (Å²) in [6.45, 7) is 4.16. The van der Waals surface area contributed by atoms with Gasteiger partial charge in [-0.2, -0.15) is 10.1 Å². The van der Waals surface area contributed by atoms with Gasteiger partial charge in [-0.15, -0.1) is 0 Å². The van der Waals surface area contributed by atoms with E-state index in [4.69, 9.17) is 18.9 Å². The lowest BCUT2D eigenvalue weighted by Crippen LogP contribution is -2.26. The van der Waals surface area contributed by atoms with Crippen molar-refractivity contribution >= 4 is 23.2 Å². The van der Waals surface area contributed by atoms with E-state index in [-0.39, 0.29) is 11.7 Å². The van der Waals surface area contributed by atoms with Gasteiger partial charge in [0.15, 0.2) is 5.82 Å². The van der Waals surface area contributed by atoms with Crippen molar-refractivity contribution < 1.29 is 28.5 Å². The van der Waals surface area contributed by atoms with Crippen LogP contribution in [0.5, 0.6) is 6.01 Å².